The van der Waals surface area contributed by atoms with Crippen molar-refractivity contribution in [1.29, 1.82) is 5.26 Å². The Morgan fingerprint density at radius 2 is 1.94 bits per heavy atom. The minimum atomic E-state index is -0.373. The molecular formula is C23H31N5O5. The standard InChI is InChI=1S/C23H31N5O5/c1-3-31-12-6-10-25-22(29)20-17-33-21(27-20)16-28(11-7-13-32-4-2)23(30)26-19-9-5-8-18(14-19)15-24/h5,8-9,14,17H,3-4,6-7,10-13,16H2,1-2H3,(H,25,29)(H,26,30). The first kappa shape index (κ1) is 25.8. The zero-order valence-electron chi connectivity index (χ0n) is 19.1. The highest BCUT2D eigenvalue weighted by Crippen LogP contribution is 2.13. The molecule has 0 bridgehead atoms. The number of hydrogen-bond donors (Lipinski definition) is 2. The Bertz CT molecular complexity index is 924. The molecule has 1 aromatic heterocycles. The third-order valence-electron chi connectivity index (χ3n) is 4.52. The lowest BCUT2D eigenvalue weighted by molar-refractivity contribution is 0.0939. The monoisotopic (exact) mass is 457 g/mol. The Labute approximate surface area is 193 Å². The average molecular weight is 458 g/mol. The first-order chi connectivity index (χ1) is 16.1. The number of urea groups is 1. The SMILES string of the molecule is CCOCCCNC(=O)c1coc(CN(CCCOCC)C(=O)Nc2cccc(C#N)c2)n1. The van der Waals surface area contributed by atoms with Crippen molar-refractivity contribution in [3.05, 3.63) is 47.7 Å². The number of nitrogens with one attached hydrogen (secondary N) is 2. The van der Waals surface area contributed by atoms with Crippen molar-refractivity contribution >= 4 is 17.6 Å². The number of oxazole rings is 1. The number of aromatic nitrogens is 1. The second-order valence-corrected chi connectivity index (χ2v) is 7.03. The number of anilines is 1. The molecule has 10 heteroatoms. The van der Waals surface area contributed by atoms with Crippen LogP contribution < -0.4 is 10.6 Å². The van der Waals surface area contributed by atoms with Crippen molar-refractivity contribution in [3.63, 3.8) is 0 Å². The molecule has 10 nitrogen and oxygen atoms in total. The van der Waals surface area contributed by atoms with Gasteiger partial charge in [0.2, 0.25) is 5.89 Å². The Hall–Kier alpha value is -3.42. The lowest BCUT2D eigenvalue weighted by Gasteiger charge is -2.21. The van der Waals surface area contributed by atoms with Gasteiger partial charge in [-0.3, -0.25) is 4.79 Å². The molecule has 0 fully saturated rings. The number of carbonyl (C=O) groups is 2. The van der Waals surface area contributed by atoms with E-state index in [1.165, 1.54) is 11.2 Å². The summed E-state index contributed by atoms with van der Waals surface area (Å²) in [5, 5.41) is 14.6. The number of amides is 3. The van der Waals surface area contributed by atoms with Crippen LogP contribution in [0.15, 0.2) is 34.9 Å². The van der Waals surface area contributed by atoms with E-state index in [-0.39, 0.29) is 30.1 Å². The van der Waals surface area contributed by atoms with Gasteiger partial charge in [-0.15, -0.1) is 0 Å². The summed E-state index contributed by atoms with van der Waals surface area (Å²) in [6.07, 6.45) is 2.60. The van der Waals surface area contributed by atoms with E-state index in [1.807, 2.05) is 19.9 Å². The molecule has 0 atom stereocenters. The van der Waals surface area contributed by atoms with E-state index in [4.69, 9.17) is 19.2 Å². The molecule has 0 saturated heterocycles. The van der Waals surface area contributed by atoms with Gasteiger partial charge in [0.05, 0.1) is 18.2 Å². The molecule has 0 unspecified atom stereocenters. The quantitative estimate of drug-likeness (QED) is 0.417. The van der Waals surface area contributed by atoms with Crippen molar-refractivity contribution in [2.75, 3.05) is 44.8 Å². The topological polar surface area (TPSA) is 130 Å². The largest absolute Gasteiger partial charge is 0.446 e. The smallest absolute Gasteiger partial charge is 0.322 e. The maximum absolute atomic E-state index is 12.9. The molecule has 0 aliphatic rings. The summed E-state index contributed by atoms with van der Waals surface area (Å²) in [6.45, 7) is 7.07. The van der Waals surface area contributed by atoms with E-state index < -0.39 is 0 Å². The Balaban J connectivity index is 1.98. The molecule has 0 spiro atoms. The van der Waals surface area contributed by atoms with Gasteiger partial charge < -0.3 is 29.4 Å². The molecule has 0 aliphatic heterocycles. The molecule has 2 aromatic rings. The van der Waals surface area contributed by atoms with Crippen LogP contribution in [-0.4, -0.2) is 61.3 Å². The Kier molecular flexibility index (Phi) is 11.4. The highest BCUT2D eigenvalue weighted by Gasteiger charge is 2.19. The van der Waals surface area contributed by atoms with Gasteiger partial charge in [-0.2, -0.15) is 5.26 Å². The van der Waals surface area contributed by atoms with Crippen molar-refractivity contribution in [2.24, 2.45) is 0 Å². The maximum Gasteiger partial charge on any atom is 0.322 e. The van der Waals surface area contributed by atoms with Gasteiger partial charge in [-0.1, -0.05) is 6.07 Å². The molecule has 1 heterocycles. The van der Waals surface area contributed by atoms with Gasteiger partial charge in [-0.05, 0) is 44.9 Å². The minimum Gasteiger partial charge on any atom is -0.446 e. The Morgan fingerprint density at radius 3 is 2.67 bits per heavy atom. The molecule has 0 radical (unpaired) electrons. The number of nitrogens with zero attached hydrogens (tertiary/aromatic N) is 3. The first-order valence-electron chi connectivity index (χ1n) is 11.0. The predicted octanol–water partition coefficient (Wildman–Crippen LogP) is 3.16. The van der Waals surface area contributed by atoms with Crippen molar-refractivity contribution in [1.82, 2.24) is 15.2 Å². The lowest BCUT2D eigenvalue weighted by atomic mass is 10.2. The van der Waals surface area contributed by atoms with Gasteiger partial charge in [0, 0.05) is 45.2 Å². The van der Waals surface area contributed by atoms with E-state index in [0.29, 0.717) is 63.6 Å². The zero-order chi connectivity index (χ0) is 23.9. The fourth-order valence-corrected chi connectivity index (χ4v) is 2.89. The van der Waals surface area contributed by atoms with Crippen LogP contribution in [0.3, 0.4) is 0 Å². The van der Waals surface area contributed by atoms with E-state index in [2.05, 4.69) is 15.6 Å². The summed E-state index contributed by atoms with van der Waals surface area (Å²) in [5.41, 5.74) is 1.10. The van der Waals surface area contributed by atoms with Crippen LogP contribution in [0.2, 0.25) is 0 Å². The van der Waals surface area contributed by atoms with Crippen LogP contribution in [0.5, 0.6) is 0 Å². The second-order valence-electron chi connectivity index (χ2n) is 7.03. The molecule has 2 N–H and O–H groups in total. The Morgan fingerprint density at radius 1 is 1.18 bits per heavy atom. The minimum absolute atomic E-state index is 0.0769. The molecule has 2 rings (SSSR count). The summed E-state index contributed by atoms with van der Waals surface area (Å²) in [6, 6.07) is 8.32. The number of nitriles is 1. The third kappa shape index (κ3) is 9.31. The number of hydrogen-bond acceptors (Lipinski definition) is 7. The molecular weight excluding hydrogens is 426 g/mol. The van der Waals surface area contributed by atoms with Crippen LogP contribution in [0, 0.1) is 11.3 Å². The molecule has 0 saturated carbocycles. The lowest BCUT2D eigenvalue weighted by Crippen LogP contribution is -2.36. The molecule has 33 heavy (non-hydrogen) atoms. The van der Waals surface area contributed by atoms with Crippen LogP contribution in [0.1, 0.15) is 48.6 Å². The molecule has 1 aromatic carbocycles. The van der Waals surface area contributed by atoms with Crippen LogP contribution in [0.25, 0.3) is 0 Å². The molecule has 178 valence electrons. The van der Waals surface area contributed by atoms with Crippen LogP contribution >= 0.6 is 0 Å². The van der Waals surface area contributed by atoms with Crippen LogP contribution in [-0.2, 0) is 16.0 Å². The van der Waals surface area contributed by atoms with E-state index in [1.54, 1.807) is 24.3 Å². The van der Waals surface area contributed by atoms with Gasteiger partial charge in [0.1, 0.15) is 6.26 Å². The van der Waals surface area contributed by atoms with E-state index in [9.17, 15) is 9.59 Å². The maximum atomic E-state index is 12.9. The van der Waals surface area contributed by atoms with E-state index >= 15 is 0 Å². The molecule has 0 aliphatic carbocycles. The van der Waals surface area contributed by atoms with Crippen molar-refractivity contribution in [3.8, 4) is 6.07 Å². The summed E-state index contributed by atoms with van der Waals surface area (Å²) < 4.78 is 16.0. The zero-order valence-corrected chi connectivity index (χ0v) is 19.1. The van der Waals surface area contributed by atoms with Gasteiger partial charge >= 0.3 is 6.03 Å². The highest BCUT2D eigenvalue weighted by atomic mass is 16.5. The number of rotatable bonds is 14. The summed E-state index contributed by atoms with van der Waals surface area (Å²) in [4.78, 5) is 30.9. The highest BCUT2D eigenvalue weighted by molar-refractivity contribution is 5.92. The van der Waals surface area contributed by atoms with Crippen LogP contribution in [0.4, 0.5) is 10.5 Å². The number of benzene rings is 1. The fourth-order valence-electron chi connectivity index (χ4n) is 2.89. The van der Waals surface area contributed by atoms with Gasteiger partial charge in [0.25, 0.3) is 5.91 Å². The van der Waals surface area contributed by atoms with Crippen molar-refractivity contribution in [2.45, 2.75) is 33.2 Å². The van der Waals surface area contributed by atoms with Gasteiger partial charge in [0.15, 0.2) is 5.69 Å². The van der Waals surface area contributed by atoms with Gasteiger partial charge in [-0.25, -0.2) is 9.78 Å². The fraction of sp³-hybridized carbons (Fsp3) is 0.478. The number of carbonyl (C=O) groups excluding carboxylic acids is 2. The van der Waals surface area contributed by atoms with E-state index in [0.717, 1.165) is 0 Å². The predicted molar refractivity (Wildman–Crippen MR) is 122 cm³/mol. The normalized spacial score (nSPS) is 10.5. The summed E-state index contributed by atoms with van der Waals surface area (Å²) in [5.74, 6) is -0.103. The summed E-state index contributed by atoms with van der Waals surface area (Å²) >= 11 is 0. The summed E-state index contributed by atoms with van der Waals surface area (Å²) in [7, 11) is 0. The molecule has 3 amide bonds. The second kappa shape index (κ2) is 14.6. The first-order valence-corrected chi connectivity index (χ1v) is 11.0. The van der Waals surface area contributed by atoms with Crippen molar-refractivity contribution < 1.29 is 23.5 Å². The number of ether oxygens (including phenoxy) is 2. The third-order valence-corrected chi connectivity index (χ3v) is 4.52. The average Bonchev–Trinajstić information content (AvgIpc) is 3.29.